The van der Waals surface area contributed by atoms with Crippen LogP contribution in [0.1, 0.15) is 38.5 Å². The number of fused-ring (bicyclic) bond motifs is 1. The third-order valence-corrected chi connectivity index (χ3v) is 5.28. The number of likely N-dealkylation sites (tertiary alicyclic amines) is 2. The minimum absolute atomic E-state index is 0.276. The Morgan fingerprint density at radius 2 is 2.16 bits per heavy atom. The van der Waals surface area contributed by atoms with Crippen LogP contribution in [0.15, 0.2) is 0 Å². The van der Waals surface area contributed by atoms with Crippen LogP contribution in [0, 0.1) is 5.92 Å². The van der Waals surface area contributed by atoms with Crippen molar-refractivity contribution in [3.8, 4) is 0 Å². The van der Waals surface area contributed by atoms with E-state index in [9.17, 15) is 4.79 Å². The van der Waals surface area contributed by atoms with Gasteiger partial charge >= 0.3 is 0 Å². The maximum Gasteiger partial charge on any atom is 0.227 e. The minimum Gasteiger partial charge on any atom is -0.341 e. The van der Waals surface area contributed by atoms with Gasteiger partial charge in [0.15, 0.2) is 0 Å². The number of carbonyl (C=O) groups is 1. The van der Waals surface area contributed by atoms with Crippen LogP contribution < -0.4 is 5.32 Å². The van der Waals surface area contributed by atoms with E-state index in [1.807, 2.05) is 0 Å². The summed E-state index contributed by atoms with van der Waals surface area (Å²) in [6.07, 6.45) is 7.41. The molecular formula is C15H27N3O. The van der Waals surface area contributed by atoms with Gasteiger partial charge in [-0.3, -0.25) is 4.79 Å². The lowest BCUT2D eigenvalue weighted by molar-refractivity contribution is -0.131. The number of nitrogens with zero attached hydrogens (tertiary/aromatic N) is 2. The second-order valence-electron chi connectivity index (χ2n) is 6.51. The summed E-state index contributed by atoms with van der Waals surface area (Å²) in [6.45, 7) is 4.22. The van der Waals surface area contributed by atoms with Gasteiger partial charge in [0, 0.05) is 25.2 Å². The first-order valence-electron chi connectivity index (χ1n) is 7.98. The average Bonchev–Trinajstić information content (AvgIpc) is 2.75. The average molecular weight is 265 g/mol. The van der Waals surface area contributed by atoms with E-state index in [0.29, 0.717) is 18.0 Å². The number of rotatable bonds is 3. The van der Waals surface area contributed by atoms with E-state index in [4.69, 9.17) is 0 Å². The van der Waals surface area contributed by atoms with Crippen molar-refractivity contribution in [2.24, 2.45) is 5.92 Å². The molecule has 0 aliphatic carbocycles. The van der Waals surface area contributed by atoms with Crippen LogP contribution in [0.5, 0.6) is 0 Å². The minimum atomic E-state index is 0.276. The molecule has 0 radical (unpaired) electrons. The summed E-state index contributed by atoms with van der Waals surface area (Å²) in [6, 6.07) is 1.13. The number of piperidine rings is 2. The van der Waals surface area contributed by atoms with Gasteiger partial charge in [-0.25, -0.2) is 0 Å². The number of hydrogen-bond acceptors (Lipinski definition) is 3. The van der Waals surface area contributed by atoms with Gasteiger partial charge in [0.05, 0.1) is 5.92 Å². The molecule has 4 heteroatoms. The van der Waals surface area contributed by atoms with E-state index < -0.39 is 0 Å². The first-order chi connectivity index (χ1) is 9.25. The molecule has 3 saturated heterocycles. The van der Waals surface area contributed by atoms with Crippen LogP contribution in [-0.2, 0) is 4.79 Å². The number of carbonyl (C=O) groups excluding carboxylic acids is 1. The molecule has 1 amide bonds. The second kappa shape index (κ2) is 5.80. The molecule has 3 heterocycles. The van der Waals surface area contributed by atoms with Crippen LogP contribution in [-0.4, -0.2) is 61.0 Å². The van der Waals surface area contributed by atoms with E-state index in [2.05, 4.69) is 22.2 Å². The van der Waals surface area contributed by atoms with Gasteiger partial charge in [-0.15, -0.1) is 0 Å². The molecule has 3 rings (SSSR count). The molecular weight excluding hydrogens is 238 g/mol. The summed E-state index contributed by atoms with van der Waals surface area (Å²) in [7, 11) is 2.23. The Morgan fingerprint density at radius 3 is 2.95 bits per heavy atom. The third kappa shape index (κ3) is 2.79. The van der Waals surface area contributed by atoms with E-state index in [1.165, 1.54) is 25.8 Å². The largest absolute Gasteiger partial charge is 0.341 e. The van der Waals surface area contributed by atoms with Crippen LogP contribution in [0.3, 0.4) is 0 Å². The summed E-state index contributed by atoms with van der Waals surface area (Å²) in [5.74, 6) is 0.688. The fourth-order valence-electron chi connectivity index (χ4n) is 4.02. The highest BCUT2D eigenvalue weighted by Gasteiger charge is 2.41. The molecule has 1 N–H and O–H groups in total. The van der Waals surface area contributed by atoms with Gasteiger partial charge in [0.25, 0.3) is 0 Å². The summed E-state index contributed by atoms with van der Waals surface area (Å²) in [5, 5.41) is 3.52. The first kappa shape index (κ1) is 13.4. The van der Waals surface area contributed by atoms with Crippen LogP contribution in [0.2, 0.25) is 0 Å². The summed E-state index contributed by atoms with van der Waals surface area (Å²) < 4.78 is 0. The number of amides is 1. The van der Waals surface area contributed by atoms with Gasteiger partial charge in [-0.2, -0.15) is 0 Å². The number of hydrogen-bond donors (Lipinski definition) is 1. The van der Waals surface area contributed by atoms with E-state index in [0.717, 1.165) is 38.9 Å². The van der Waals surface area contributed by atoms with E-state index >= 15 is 0 Å². The zero-order chi connectivity index (χ0) is 13.2. The Labute approximate surface area is 116 Å². The molecule has 0 saturated carbocycles. The molecule has 3 unspecified atom stereocenters. The Morgan fingerprint density at radius 1 is 1.26 bits per heavy atom. The lowest BCUT2D eigenvalue weighted by atomic mass is 9.94. The highest BCUT2D eigenvalue weighted by Crippen LogP contribution is 2.27. The van der Waals surface area contributed by atoms with Crippen molar-refractivity contribution < 1.29 is 4.79 Å². The van der Waals surface area contributed by atoms with Crippen molar-refractivity contribution in [2.45, 2.75) is 50.6 Å². The molecule has 108 valence electrons. The lowest BCUT2D eigenvalue weighted by Crippen LogP contribution is -2.41. The van der Waals surface area contributed by atoms with E-state index in [-0.39, 0.29) is 5.92 Å². The van der Waals surface area contributed by atoms with Crippen LogP contribution in [0.25, 0.3) is 0 Å². The summed E-state index contributed by atoms with van der Waals surface area (Å²) in [5.41, 5.74) is 0. The summed E-state index contributed by atoms with van der Waals surface area (Å²) in [4.78, 5) is 17.0. The van der Waals surface area contributed by atoms with Gasteiger partial charge < -0.3 is 15.1 Å². The molecule has 3 aliphatic rings. The molecule has 19 heavy (non-hydrogen) atoms. The van der Waals surface area contributed by atoms with Gasteiger partial charge in [0.2, 0.25) is 5.91 Å². The normalized spacial score (nSPS) is 36.6. The van der Waals surface area contributed by atoms with Crippen molar-refractivity contribution in [3.05, 3.63) is 0 Å². The van der Waals surface area contributed by atoms with Gasteiger partial charge in [-0.1, -0.05) is 6.42 Å². The molecule has 3 atom stereocenters. The third-order valence-electron chi connectivity index (χ3n) is 5.28. The summed E-state index contributed by atoms with van der Waals surface area (Å²) >= 11 is 0. The molecule has 4 nitrogen and oxygen atoms in total. The zero-order valence-electron chi connectivity index (χ0n) is 12.1. The molecule has 0 bridgehead atoms. The fourth-order valence-corrected chi connectivity index (χ4v) is 4.02. The van der Waals surface area contributed by atoms with Gasteiger partial charge in [-0.05, 0) is 52.2 Å². The Kier molecular flexibility index (Phi) is 4.08. The number of nitrogens with one attached hydrogen (secondary N) is 1. The molecule has 0 aromatic heterocycles. The molecule has 3 fully saturated rings. The van der Waals surface area contributed by atoms with Crippen molar-refractivity contribution in [2.75, 3.05) is 33.2 Å². The Hall–Kier alpha value is -0.610. The van der Waals surface area contributed by atoms with Crippen LogP contribution >= 0.6 is 0 Å². The topological polar surface area (TPSA) is 35.6 Å². The fraction of sp³-hybridized carbons (Fsp3) is 0.933. The maximum atomic E-state index is 12.4. The highest BCUT2D eigenvalue weighted by atomic mass is 16.2. The smallest absolute Gasteiger partial charge is 0.227 e. The Balaban J connectivity index is 1.51. The standard InChI is InChI=1S/C15H27N3O/c1-17-9-3-2-5-12(17)7-10-18-11-14-13(15(18)19)6-4-8-16-14/h12-14,16H,2-11H2,1H3. The maximum absolute atomic E-state index is 12.4. The second-order valence-corrected chi connectivity index (χ2v) is 6.51. The SMILES string of the molecule is CN1CCCCC1CCN1CC2NCCCC2C1=O. The monoisotopic (exact) mass is 265 g/mol. The zero-order valence-corrected chi connectivity index (χ0v) is 12.1. The van der Waals surface area contributed by atoms with Crippen molar-refractivity contribution in [3.63, 3.8) is 0 Å². The van der Waals surface area contributed by atoms with Crippen LogP contribution in [0.4, 0.5) is 0 Å². The first-order valence-corrected chi connectivity index (χ1v) is 7.98. The molecule has 3 aliphatic heterocycles. The van der Waals surface area contributed by atoms with Crippen molar-refractivity contribution in [1.29, 1.82) is 0 Å². The van der Waals surface area contributed by atoms with Crippen molar-refractivity contribution >= 4 is 5.91 Å². The molecule has 0 spiro atoms. The van der Waals surface area contributed by atoms with Crippen molar-refractivity contribution in [1.82, 2.24) is 15.1 Å². The highest BCUT2D eigenvalue weighted by molar-refractivity contribution is 5.82. The van der Waals surface area contributed by atoms with Gasteiger partial charge in [0.1, 0.15) is 0 Å². The van der Waals surface area contributed by atoms with E-state index in [1.54, 1.807) is 0 Å². The molecule has 0 aromatic rings. The Bertz CT molecular complexity index is 333. The lowest BCUT2D eigenvalue weighted by Gasteiger charge is -2.33. The predicted molar refractivity (Wildman–Crippen MR) is 76.0 cm³/mol. The molecule has 0 aromatic carbocycles. The predicted octanol–water partition coefficient (Wildman–Crippen LogP) is 1.07. The quantitative estimate of drug-likeness (QED) is 0.829.